The van der Waals surface area contributed by atoms with Crippen molar-refractivity contribution in [1.29, 1.82) is 0 Å². The molecule has 1 heterocycles. The van der Waals surface area contributed by atoms with Crippen LogP contribution in [0, 0.1) is 0 Å². The van der Waals surface area contributed by atoms with E-state index in [4.69, 9.17) is 4.52 Å². The number of hydrazone groups is 1. The smallest absolute Gasteiger partial charge is 0.226 e. The van der Waals surface area contributed by atoms with E-state index >= 15 is 0 Å². The highest BCUT2D eigenvalue weighted by Crippen LogP contribution is 2.56. The van der Waals surface area contributed by atoms with Gasteiger partial charge >= 0.3 is 0 Å². The molecule has 0 fully saturated rings. The number of nitrogens with one attached hydrogen (secondary N) is 1. The van der Waals surface area contributed by atoms with Gasteiger partial charge in [0, 0.05) is 19.3 Å². The van der Waals surface area contributed by atoms with E-state index in [9.17, 15) is 4.57 Å². The van der Waals surface area contributed by atoms with Crippen molar-refractivity contribution in [3.63, 3.8) is 0 Å². The molecule has 12 heavy (non-hydrogen) atoms. The van der Waals surface area contributed by atoms with Crippen molar-refractivity contribution in [2.24, 2.45) is 5.10 Å². The topological polar surface area (TPSA) is 50.7 Å². The summed E-state index contributed by atoms with van der Waals surface area (Å²) >= 11 is 0. The van der Waals surface area contributed by atoms with Gasteiger partial charge in [-0.25, -0.2) is 0 Å². The number of rotatable bonds is 3. The lowest BCUT2D eigenvalue weighted by molar-refractivity contribution is 0.307. The van der Waals surface area contributed by atoms with Crippen LogP contribution in [0.4, 0.5) is 0 Å². The van der Waals surface area contributed by atoms with E-state index in [1.165, 1.54) is 0 Å². The molecular weight excluding hydrogens is 175 g/mol. The van der Waals surface area contributed by atoms with Gasteiger partial charge in [0.2, 0.25) is 7.37 Å². The molecule has 0 saturated carbocycles. The second-order valence-corrected chi connectivity index (χ2v) is 6.10. The minimum absolute atomic E-state index is 0.477. The highest BCUT2D eigenvalue weighted by molar-refractivity contribution is 7.59. The lowest BCUT2D eigenvalue weighted by Crippen LogP contribution is -2.35. The average Bonchev–Trinajstić information content (AvgIpc) is 2.37. The monoisotopic (exact) mass is 190 g/mol. The van der Waals surface area contributed by atoms with E-state index < -0.39 is 12.6 Å². The van der Waals surface area contributed by atoms with Gasteiger partial charge in [-0.1, -0.05) is 0 Å². The summed E-state index contributed by atoms with van der Waals surface area (Å²) in [5.74, 6) is 0. The largest absolute Gasteiger partial charge is 0.327 e. The van der Waals surface area contributed by atoms with Gasteiger partial charge in [0.05, 0.1) is 6.61 Å². The molecule has 0 spiro atoms. The third-order valence-corrected chi connectivity index (χ3v) is 4.98. The molecule has 2 unspecified atom stereocenters. The molecule has 0 aromatic rings. The van der Waals surface area contributed by atoms with Gasteiger partial charge in [-0.15, -0.1) is 0 Å². The second kappa shape index (κ2) is 3.19. The lowest BCUT2D eigenvalue weighted by Gasteiger charge is -2.29. The molecule has 0 bridgehead atoms. The van der Waals surface area contributed by atoms with Gasteiger partial charge < -0.3 is 4.52 Å². The fourth-order valence-electron chi connectivity index (χ4n) is 1.10. The van der Waals surface area contributed by atoms with Crippen molar-refractivity contribution in [2.75, 3.05) is 13.3 Å². The summed E-state index contributed by atoms with van der Waals surface area (Å²) in [4.78, 5) is 0. The van der Waals surface area contributed by atoms with Gasteiger partial charge in [0.1, 0.15) is 5.28 Å². The van der Waals surface area contributed by atoms with Crippen molar-refractivity contribution in [3.8, 4) is 0 Å². The Hall–Kier alpha value is -0.340. The van der Waals surface area contributed by atoms with Crippen LogP contribution in [0.3, 0.4) is 0 Å². The number of hydrogen-bond donors (Lipinski definition) is 1. The van der Waals surface area contributed by atoms with Gasteiger partial charge in [-0.2, -0.15) is 5.10 Å². The van der Waals surface area contributed by atoms with Crippen LogP contribution >= 0.6 is 7.37 Å². The highest BCUT2D eigenvalue weighted by Gasteiger charge is 2.43. The Balaban J connectivity index is 2.73. The standard InChI is InChI=1S/C7H15N2O2P/c1-4-11-12(3,10)7(2)5-6-8-9-7/h6,9H,4-5H2,1-3H3. The normalized spacial score (nSPS) is 32.9. The van der Waals surface area contributed by atoms with Crippen LogP contribution < -0.4 is 5.43 Å². The van der Waals surface area contributed by atoms with E-state index in [2.05, 4.69) is 10.5 Å². The van der Waals surface area contributed by atoms with Gasteiger partial charge in [-0.3, -0.25) is 9.99 Å². The van der Waals surface area contributed by atoms with E-state index in [1.807, 2.05) is 13.8 Å². The van der Waals surface area contributed by atoms with E-state index in [0.717, 1.165) is 0 Å². The van der Waals surface area contributed by atoms with Crippen molar-refractivity contribution in [1.82, 2.24) is 5.43 Å². The Kier molecular flexibility index (Phi) is 2.59. The first-order chi connectivity index (χ1) is 5.52. The van der Waals surface area contributed by atoms with Crippen molar-refractivity contribution < 1.29 is 9.09 Å². The van der Waals surface area contributed by atoms with Crippen molar-refractivity contribution >= 4 is 13.6 Å². The number of hydrogen-bond acceptors (Lipinski definition) is 4. The van der Waals surface area contributed by atoms with Crippen LogP contribution in [0.15, 0.2) is 5.10 Å². The minimum atomic E-state index is -2.59. The molecule has 0 radical (unpaired) electrons. The van der Waals surface area contributed by atoms with Crippen LogP contribution in [0.5, 0.6) is 0 Å². The molecule has 0 saturated heterocycles. The summed E-state index contributed by atoms with van der Waals surface area (Å²) in [5, 5.41) is 3.36. The molecule has 0 aromatic carbocycles. The highest BCUT2D eigenvalue weighted by atomic mass is 31.2. The van der Waals surface area contributed by atoms with Crippen LogP contribution in [0.1, 0.15) is 20.3 Å². The van der Waals surface area contributed by atoms with Crippen LogP contribution in [-0.2, 0) is 9.09 Å². The predicted octanol–water partition coefficient (Wildman–Crippen LogP) is 1.63. The molecule has 1 aliphatic rings. The molecular formula is C7H15N2O2P. The number of nitrogens with zero attached hydrogens (tertiary/aromatic N) is 1. The van der Waals surface area contributed by atoms with E-state index in [1.54, 1.807) is 12.9 Å². The molecule has 0 aromatic heterocycles. The Labute approximate surface area is 72.8 Å². The molecule has 0 amide bonds. The predicted molar refractivity (Wildman–Crippen MR) is 49.8 cm³/mol. The van der Waals surface area contributed by atoms with Crippen molar-refractivity contribution in [3.05, 3.63) is 0 Å². The maximum absolute atomic E-state index is 12.0. The van der Waals surface area contributed by atoms with Gasteiger partial charge in [0.15, 0.2) is 0 Å². The van der Waals surface area contributed by atoms with Gasteiger partial charge in [-0.05, 0) is 13.8 Å². The van der Waals surface area contributed by atoms with Crippen molar-refractivity contribution in [2.45, 2.75) is 25.5 Å². The maximum Gasteiger partial charge on any atom is 0.226 e. The fraction of sp³-hybridized carbons (Fsp3) is 0.857. The summed E-state index contributed by atoms with van der Waals surface area (Å²) < 4.78 is 17.2. The first-order valence-electron chi connectivity index (χ1n) is 4.03. The molecule has 5 heteroatoms. The summed E-state index contributed by atoms with van der Waals surface area (Å²) in [6.07, 6.45) is 2.40. The Bertz CT molecular complexity index is 232. The van der Waals surface area contributed by atoms with Crippen LogP contribution in [0.2, 0.25) is 0 Å². The van der Waals surface area contributed by atoms with E-state index in [-0.39, 0.29) is 0 Å². The Morgan fingerprint density at radius 2 is 2.50 bits per heavy atom. The molecule has 1 N–H and O–H groups in total. The second-order valence-electron chi connectivity index (χ2n) is 3.17. The zero-order valence-corrected chi connectivity index (χ0v) is 8.60. The molecule has 4 nitrogen and oxygen atoms in total. The first kappa shape index (κ1) is 9.75. The minimum Gasteiger partial charge on any atom is -0.327 e. The third kappa shape index (κ3) is 1.54. The molecule has 2 atom stereocenters. The summed E-state index contributed by atoms with van der Waals surface area (Å²) in [6.45, 7) is 5.84. The third-order valence-electron chi connectivity index (χ3n) is 2.16. The summed E-state index contributed by atoms with van der Waals surface area (Å²) in [5.41, 5.74) is 2.84. The summed E-state index contributed by atoms with van der Waals surface area (Å²) in [7, 11) is -2.59. The Morgan fingerprint density at radius 3 is 2.92 bits per heavy atom. The van der Waals surface area contributed by atoms with Gasteiger partial charge in [0.25, 0.3) is 0 Å². The first-order valence-corrected chi connectivity index (χ1v) is 6.10. The molecule has 1 aliphatic heterocycles. The van der Waals surface area contributed by atoms with Crippen LogP contribution in [0.25, 0.3) is 0 Å². The zero-order valence-electron chi connectivity index (χ0n) is 7.70. The average molecular weight is 190 g/mol. The molecule has 0 aliphatic carbocycles. The lowest BCUT2D eigenvalue weighted by atomic mass is 10.3. The zero-order chi connectivity index (χ0) is 9.24. The van der Waals surface area contributed by atoms with E-state index in [0.29, 0.717) is 13.0 Å². The molecule has 70 valence electrons. The quantitative estimate of drug-likeness (QED) is 0.688. The maximum atomic E-state index is 12.0. The Morgan fingerprint density at radius 1 is 1.83 bits per heavy atom. The summed E-state index contributed by atoms with van der Waals surface area (Å²) in [6, 6.07) is 0. The fourth-order valence-corrected chi connectivity index (χ4v) is 2.53. The molecule has 1 rings (SSSR count). The SMILES string of the molecule is CCOP(C)(=O)C1(C)CC=NN1. The van der Waals surface area contributed by atoms with Crippen LogP contribution in [-0.4, -0.2) is 24.8 Å².